The summed E-state index contributed by atoms with van der Waals surface area (Å²) in [6, 6.07) is 8.49. The van der Waals surface area contributed by atoms with Gasteiger partial charge in [0.15, 0.2) is 0 Å². The smallest absolute Gasteiger partial charge is 0.326 e. The highest BCUT2D eigenvalue weighted by Gasteiger charge is 2.32. The molecule has 1 aromatic rings. The zero-order chi connectivity index (χ0) is 15.4. The predicted octanol–water partition coefficient (Wildman–Crippen LogP) is 1.40. The second-order valence-corrected chi connectivity index (χ2v) is 5.27. The summed E-state index contributed by atoms with van der Waals surface area (Å²) in [4.78, 5) is 28.3. The summed E-state index contributed by atoms with van der Waals surface area (Å²) >= 11 is 0. The van der Waals surface area contributed by atoms with Crippen molar-refractivity contribution in [3.63, 3.8) is 0 Å². The molecule has 21 heavy (non-hydrogen) atoms. The van der Waals surface area contributed by atoms with Gasteiger partial charge in [-0.05, 0) is 11.5 Å². The van der Waals surface area contributed by atoms with E-state index in [-0.39, 0.29) is 5.92 Å². The lowest BCUT2D eigenvalue weighted by Gasteiger charge is -2.19. The Labute approximate surface area is 122 Å². The summed E-state index contributed by atoms with van der Waals surface area (Å²) in [5.74, 6) is -1.71. The lowest BCUT2D eigenvalue weighted by atomic mass is 10.0. The number of carboxylic acids is 1. The maximum absolute atomic E-state index is 12.1. The number of aliphatic carboxylic acids is 1. The van der Waals surface area contributed by atoms with Gasteiger partial charge in [-0.15, -0.1) is 0 Å². The Bertz CT molecular complexity index is 554. The highest BCUT2D eigenvalue weighted by molar-refractivity contribution is 6.04. The van der Waals surface area contributed by atoms with Crippen molar-refractivity contribution in [3.8, 4) is 0 Å². The van der Waals surface area contributed by atoms with E-state index in [1.54, 1.807) is 13.8 Å². The molecule has 1 aliphatic heterocycles. The molecule has 1 aromatic carbocycles. The lowest BCUT2D eigenvalue weighted by molar-refractivity contribution is -0.145. The first-order valence-corrected chi connectivity index (χ1v) is 6.80. The van der Waals surface area contributed by atoms with E-state index in [0.717, 1.165) is 5.56 Å². The first-order chi connectivity index (χ1) is 9.99. The zero-order valence-corrected chi connectivity index (χ0v) is 11.9. The Morgan fingerprint density at radius 2 is 2.00 bits per heavy atom. The number of carbonyl (C=O) groups is 2. The Morgan fingerprint density at radius 3 is 2.57 bits per heavy atom. The zero-order valence-electron chi connectivity index (χ0n) is 11.9. The van der Waals surface area contributed by atoms with Crippen LogP contribution in [0.2, 0.25) is 0 Å². The maximum atomic E-state index is 12.1. The normalized spacial score (nSPS) is 18.8. The van der Waals surface area contributed by atoms with Crippen molar-refractivity contribution in [2.75, 3.05) is 0 Å². The molecule has 6 nitrogen and oxygen atoms in total. The minimum Gasteiger partial charge on any atom is -0.480 e. The molecule has 0 saturated heterocycles. The van der Waals surface area contributed by atoms with Crippen molar-refractivity contribution in [1.29, 1.82) is 0 Å². The van der Waals surface area contributed by atoms with Crippen LogP contribution in [-0.2, 0) is 14.4 Å². The molecule has 0 saturated carbocycles. The topological polar surface area (TPSA) is 88.0 Å². The van der Waals surface area contributed by atoms with Crippen molar-refractivity contribution < 1.29 is 19.5 Å². The van der Waals surface area contributed by atoms with Gasteiger partial charge in [0.2, 0.25) is 6.10 Å². The Balaban J connectivity index is 1.96. The summed E-state index contributed by atoms with van der Waals surface area (Å²) < 4.78 is 0. The quantitative estimate of drug-likeness (QED) is 0.858. The average molecular weight is 290 g/mol. The van der Waals surface area contributed by atoms with Gasteiger partial charge in [-0.2, -0.15) is 0 Å². The third kappa shape index (κ3) is 3.59. The van der Waals surface area contributed by atoms with Crippen LogP contribution in [0, 0.1) is 5.92 Å². The summed E-state index contributed by atoms with van der Waals surface area (Å²) in [5.41, 5.74) is 1.58. The Morgan fingerprint density at radius 1 is 1.33 bits per heavy atom. The van der Waals surface area contributed by atoms with Gasteiger partial charge in [-0.1, -0.05) is 49.3 Å². The van der Waals surface area contributed by atoms with E-state index in [4.69, 9.17) is 9.94 Å². The van der Waals surface area contributed by atoms with Crippen LogP contribution in [-0.4, -0.2) is 34.8 Å². The molecule has 0 aliphatic carbocycles. The lowest BCUT2D eigenvalue weighted by Crippen LogP contribution is -2.48. The summed E-state index contributed by atoms with van der Waals surface area (Å²) in [7, 11) is 0. The van der Waals surface area contributed by atoms with Crippen LogP contribution in [0.1, 0.15) is 25.8 Å². The number of benzene rings is 1. The van der Waals surface area contributed by atoms with Crippen LogP contribution in [0.3, 0.4) is 0 Å². The third-order valence-electron chi connectivity index (χ3n) is 3.30. The highest BCUT2D eigenvalue weighted by atomic mass is 16.6. The number of amides is 1. The Kier molecular flexibility index (Phi) is 4.57. The molecule has 0 fully saturated rings. The van der Waals surface area contributed by atoms with E-state index in [1.807, 2.05) is 30.3 Å². The maximum Gasteiger partial charge on any atom is 0.326 e. The molecule has 1 heterocycles. The molecule has 1 aliphatic rings. The van der Waals surface area contributed by atoms with Gasteiger partial charge in [-0.25, -0.2) is 4.79 Å². The third-order valence-corrected chi connectivity index (χ3v) is 3.30. The van der Waals surface area contributed by atoms with Gasteiger partial charge in [-0.3, -0.25) is 4.79 Å². The molecule has 112 valence electrons. The number of oxime groups is 1. The molecular formula is C15H18N2O4. The van der Waals surface area contributed by atoms with E-state index in [1.165, 1.54) is 0 Å². The molecule has 0 radical (unpaired) electrons. The second kappa shape index (κ2) is 6.39. The SMILES string of the molecule is CC(C)[C@H](NC(=O)C1CC(c2ccccc2)=NO1)C(=O)O. The Hall–Kier alpha value is -2.37. The summed E-state index contributed by atoms with van der Waals surface area (Å²) in [6.45, 7) is 3.47. The van der Waals surface area contributed by atoms with Gasteiger partial charge in [0.1, 0.15) is 6.04 Å². The van der Waals surface area contributed by atoms with Gasteiger partial charge >= 0.3 is 5.97 Å². The predicted molar refractivity (Wildman–Crippen MR) is 76.9 cm³/mol. The number of nitrogens with one attached hydrogen (secondary N) is 1. The van der Waals surface area contributed by atoms with Crippen molar-refractivity contribution in [3.05, 3.63) is 35.9 Å². The van der Waals surface area contributed by atoms with Crippen molar-refractivity contribution >= 4 is 17.6 Å². The van der Waals surface area contributed by atoms with Crippen LogP contribution in [0.25, 0.3) is 0 Å². The van der Waals surface area contributed by atoms with Gasteiger partial charge in [0.25, 0.3) is 5.91 Å². The molecule has 0 spiro atoms. The number of hydrogen-bond donors (Lipinski definition) is 2. The van der Waals surface area contributed by atoms with Crippen LogP contribution in [0.5, 0.6) is 0 Å². The molecular weight excluding hydrogens is 272 g/mol. The fourth-order valence-electron chi connectivity index (χ4n) is 2.08. The second-order valence-electron chi connectivity index (χ2n) is 5.27. The van der Waals surface area contributed by atoms with Crippen LogP contribution in [0.4, 0.5) is 0 Å². The molecule has 6 heteroatoms. The van der Waals surface area contributed by atoms with Gasteiger partial charge in [0, 0.05) is 6.42 Å². The van der Waals surface area contributed by atoms with Gasteiger partial charge < -0.3 is 15.3 Å². The number of rotatable bonds is 5. The van der Waals surface area contributed by atoms with E-state index < -0.39 is 24.0 Å². The first-order valence-electron chi connectivity index (χ1n) is 6.80. The molecule has 2 rings (SSSR count). The monoisotopic (exact) mass is 290 g/mol. The summed E-state index contributed by atoms with van der Waals surface area (Å²) in [5, 5.41) is 15.5. The first kappa shape index (κ1) is 15.0. The van der Waals surface area contributed by atoms with Crippen molar-refractivity contribution in [2.45, 2.75) is 32.4 Å². The standard InChI is InChI=1S/C15H18N2O4/c1-9(2)13(15(19)20)16-14(18)12-8-11(17-21-12)10-6-4-3-5-7-10/h3-7,9,12-13H,8H2,1-2H3,(H,16,18)(H,19,20)/t12?,13-/m0/s1. The minimum absolute atomic E-state index is 0.206. The molecule has 2 atom stereocenters. The average Bonchev–Trinajstić information content (AvgIpc) is 2.94. The highest BCUT2D eigenvalue weighted by Crippen LogP contribution is 2.17. The largest absolute Gasteiger partial charge is 0.480 e. The number of carboxylic acid groups (broad SMARTS) is 1. The van der Waals surface area contributed by atoms with Crippen molar-refractivity contribution in [2.24, 2.45) is 11.1 Å². The molecule has 1 unspecified atom stereocenters. The van der Waals surface area contributed by atoms with E-state index in [0.29, 0.717) is 12.1 Å². The van der Waals surface area contributed by atoms with Crippen molar-refractivity contribution in [1.82, 2.24) is 5.32 Å². The minimum atomic E-state index is -1.06. The molecule has 1 amide bonds. The fourth-order valence-corrected chi connectivity index (χ4v) is 2.08. The van der Waals surface area contributed by atoms with E-state index >= 15 is 0 Å². The van der Waals surface area contributed by atoms with E-state index in [2.05, 4.69) is 10.5 Å². The van der Waals surface area contributed by atoms with Crippen LogP contribution in [0.15, 0.2) is 35.5 Å². The van der Waals surface area contributed by atoms with Gasteiger partial charge in [0.05, 0.1) is 5.71 Å². The van der Waals surface area contributed by atoms with E-state index in [9.17, 15) is 9.59 Å². The fraction of sp³-hybridized carbons (Fsp3) is 0.400. The van der Waals surface area contributed by atoms with Crippen LogP contribution >= 0.6 is 0 Å². The summed E-state index contributed by atoms with van der Waals surface area (Å²) in [6.07, 6.45) is -0.443. The number of hydrogen-bond acceptors (Lipinski definition) is 4. The number of nitrogens with zero attached hydrogens (tertiary/aromatic N) is 1. The number of carbonyl (C=O) groups excluding carboxylic acids is 1. The van der Waals surface area contributed by atoms with Crippen LogP contribution < -0.4 is 5.32 Å². The molecule has 2 N–H and O–H groups in total. The molecule has 0 bridgehead atoms. The molecule has 0 aromatic heterocycles.